The van der Waals surface area contributed by atoms with Gasteiger partial charge >= 0.3 is 18.1 Å². The quantitative estimate of drug-likeness (QED) is 0.101. The Balaban J connectivity index is 1.19. The normalized spacial score (nSPS) is 11.4. The number of aromatic carboxylic acids is 1. The van der Waals surface area contributed by atoms with Crippen LogP contribution in [0, 0.1) is 0 Å². The van der Waals surface area contributed by atoms with Gasteiger partial charge < -0.3 is 19.3 Å². The number of benzene rings is 5. The average Bonchev–Trinajstić information content (AvgIpc) is 3.06. The van der Waals surface area contributed by atoms with E-state index >= 15 is 0 Å². The third-order valence-electron chi connectivity index (χ3n) is 8.21. The number of esters is 1. The van der Waals surface area contributed by atoms with Crippen molar-refractivity contribution in [2.24, 2.45) is 0 Å². The van der Waals surface area contributed by atoms with Gasteiger partial charge in [0.2, 0.25) is 0 Å². The Morgan fingerprint density at radius 3 is 1.22 bits per heavy atom. The van der Waals surface area contributed by atoms with Crippen LogP contribution in [-0.2, 0) is 10.8 Å². The number of rotatable bonds is 9. The van der Waals surface area contributed by atoms with Gasteiger partial charge in [-0.25, -0.2) is 14.4 Å². The molecule has 0 saturated carbocycles. The Morgan fingerprint density at radius 1 is 0.457 bits per heavy atom. The van der Waals surface area contributed by atoms with E-state index in [2.05, 4.69) is 26.0 Å². The maximum atomic E-state index is 12.6. The van der Waals surface area contributed by atoms with Crippen molar-refractivity contribution >= 4 is 18.1 Å². The average molecular weight is 615 g/mol. The highest BCUT2D eigenvalue weighted by Gasteiger charge is 2.25. The predicted molar refractivity (Wildman–Crippen MR) is 175 cm³/mol. The van der Waals surface area contributed by atoms with E-state index in [4.69, 9.17) is 14.2 Å². The second-order valence-corrected chi connectivity index (χ2v) is 11.9. The van der Waals surface area contributed by atoms with Crippen molar-refractivity contribution in [3.63, 3.8) is 0 Å². The molecule has 0 aliphatic rings. The highest BCUT2D eigenvalue weighted by molar-refractivity contribution is 6.03. The van der Waals surface area contributed by atoms with Crippen molar-refractivity contribution in [1.82, 2.24) is 0 Å². The van der Waals surface area contributed by atoms with Crippen LogP contribution in [0.25, 0.3) is 0 Å². The number of hydrogen-bond acceptors (Lipinski definition) is 6. The molecule has 7 nitrogen and oxygen atoms in total. The molecule has 7 heteroatoms. The molecule has 0 unspecified atom stereocenters. The summed E-state index contributed by atoms with van der Waals surface area (Å²) >= 11 is 0. The number of carbonyl (C=O) groups is 3. The Hall–Kier alpha value is -5.69. The summed E-state index contributed by atoms with van der Waals surface area (Å²) in [6, 6.07) is 37.7. The van der Waals surface area contributed by atoms with Crippen LogP contribution in [0.15, 0.2) is 127 Å². The Morgan fingerprint density at radius 2 is 0.804 bits per heavy atom. The molecule has 0 heterocycles. The Kier molecular flexibility index (Phi) is 9.05. The molecule has 46 heavy (non-hydrogen) atoms. The lowest BCUT2D eigenvalue weighted by molar-refractivity contribution is 0.0668. The van der Waals surface area contributed by atoms with Gasteiger partial charge in [-0.15, -0.1) is 0 Å². The summed E-state index contributed by atoms with van der Waals surface area (Å²) in [5.74, 6) is -0.929. The van der Waals surface area contributed by atoms with Gasteiger partial charge in [0.05, 0.1) is 11.1 Å². The summed E-state index contributed by atoms with van der Waals surface area (Å²) < 4.78 is 16.3. The molecule has 0 aliphatic carbocycles. The van der Waals surface area contributed by atoms with Crippen molar-refractivity contribution in [1.29, 1.82) is 0 Å². The lowest BCUT2D eigenvalue weighted by atomic mass is 9.78. The molecule has 0 aromatic heterocycles. The third-order valence-corrected chi connectivity index (χ3v) is 8.21. The van der Waals surface area contributed by atoms with Crippen LogP contribution >= 0.6 is 0 Å². The Bertz CT molecular complexity index is 1840. The Labute approximate surface area is 268 Å². The highest BCUT2D eigenvalue weighted by atomic mass is 16.7. The third kappa shape index (κ3) is 7.00. The minimum atomic E-state index is -1.20. The van der Waals surface area contributed by atoms with Crippen LogP contribution in [0.2, 0.25) is 0 Å². The molecule has 0 bridgehead atoms. The van der Waals surface area contributed by atoms with Crippen molar-refractivity contribution in [3.05, 3.63) is 161 Å². The fraction of sp³-hybridized carbons (Fsp3) is 0.154. The minimum Gasteiger partial charge on any atom is -0.478 e. The van der Waals surface area contributed by atoms with Gasteiger partial charge in [0.15, 0.2) is 0 Å². The number of carboxylic acid groups (broad SMARTS) is 1. The zero-order valence-electron chi connectivity index (χ0n) is 26.0. The molecule has 0 atom stereocenters. The van der Waals surface area contributed by atoms with Crippen LogP contribution in [0.1, 0.15) is 70.7 Å². The molecule has 0 fully saturated rings. The highest BCUT2D eigenvalue weighted by Crippen LogP contribution is 2.34. The molecule has 5 aromatic rings. The number of hydrogen-bond donors (Lipinski definition) is 1. The van der Waals surface area contributed by atoms with Crippen LogP contribution < -0.4 is 14.2 Å². The van der Waals surface area contributed by atoms with Crippen molar-refractivity contribution in [2.75, 3.05) is 0 Å². The van der Waals surface area contributed by atoms with E-state index in [1.165, 1.54) is 17.7 Å². The molecule has 0 spiro atoms. The molecule has 0 saturated heterocycles. The monoisotopic (exact) mass is 614 g/mol. The SMILES string of the molecule is CC(C)(c1ccccc1)c1ccc(OC(=O)Oc2ccc(C(C)(C)c3ccc(OC(=O)c4ccccc4C(=O)O)cc3)cc2)cc1. The van der Waals surface area contributed by atoms with E-state index in [0.29, 0.717) is 17.2 Å². The van der Waals surface area contributed by atoms with Crippen LogP contribution in [0.5, 0.6) is 17.2 Å². The largest absolute Gasteiger partial charge is 0.519 e. The van der Waals surface area contributed by atoms with Gasteiger partial charge in [-0.3, -0.25) is 0 Å². The van der Waals surface area contributed by atoms with E-state index in [1.807, 2.05) is 68.4 Å². The zero-order chi connectivity index (χ0) is 32.9. The summed E-state index contributed by atoms with van der Waals surface area (Å²) in [6.45, 7) is 8.39. The molecule has 0 aliphatic heterocycles. The van der Waals surface area contributed by atoms with Crippen LogP contribution in [0.4, 0.5) is 4.79 Å². The number of ether oxygens (including phenoxy) is 3. The molecule has 0 radical (unpaired) electrons. The van der Waals surface area contributed by atoms with E-state index in [9.17, 15) is 19.5 Å². The molecular formula is C39H34O7. The topological polar surface area (TPSA) is 99.1 Å². The zero-order valence-corrected chi connectivity index (χ0v) is 26.0. The van der Waals surface area contributed by atoms with Crippen molar-refractivity contribution in [3.8, 4) is 17.2 Å². The lowest BCUT2D eigenvalue weighted by Gasteiger charge is -2.26. The first-order valence-electron chi connectivity index (χ1n) is 14.8. The standard InChI is InChI=1S/C39H34O7/c1-38(2,26-10-6-5-7-11-26)27-16-22-31(23-17-27)45-37(43)46-32-24-18-29(19-25-32)39(3,4)28-14-20-30(21-15-28)44-36(42)34-13-9-8-12-33(34)35(40)41/h5-25H,1-4H3,(H,40,41). The maximum absolute atomic E-state index is 12.6. The van der Waals surface area contributed by atoms with Gasteiger partial charge in [-0.05, 0) is 70.8 Å². The smallest absolute Gasteiger partial charge is 0.478 e. The molecule has 0 amide bonds. The number of carbonyl (C=O) groups excluding carboxylic acids is 2. The van der Waals surface area contributed by atoms with E-state index in [1.54, 1.807) is 48.5 Å². The maximum Gasteiger partial charge on any atom is 0.519 e. The van der Waals surface area contributed by atoms with Crippen molar-refractivity contribution in [2.45, 2.75) is 38.5 Å². The summed E-state index contributed by atoms with van der Waals surface area (Å²) in [5, 5.41) is 9.36. The second kappa shape index (κ2) is 13.1. The van der Waals surface area contributed by atoms with E-state index in [0.717, 1.165) is 16.7 Å². The van der Waals surface area contributed by atoms with Crippen LogP contribution in [-0.4, -0.2) is 23.2 Å². The fourth-order valence-corrected chi connectivity index (χ4v) is 5.23. The van der Waals surface area contributed by atoms with Crippen molar-refractivity contribution < 1.29 is 33.7 Å². The van der Waals surface area contributed by atoms with Crippen LogP contribution in [0.3, 0.4) is 0 Å². The second-order valence-electron chi connectivity index (χ2n) is 11.9. The fourth-order valence-electron chi connectivity index (χ4n) is 5.23. The van der Waals surface area contributed by atoms with Gasteiger partial charge in [0.25, 0.3) is 0 Å². The predicted octanol–water partition coefficient (Wildman–Crippen LogP) is 8.83. The first-order chi connectivity index (χ1) is 21.9. The summed E-state index contributed by atoms with van der Waals surface area (Å²) in [7, 11) is 0. The van der Waals surface area contributed by atoms with Gasteiger partial charge in [0.1, 0.15) is 17.2 Å². The van der Waals surface area contributed by atoms with E-state index < -0.39 is 23.5 Å². The molecule has 1 N–H and O–H groups in total. The molecule has 232 valence electrons. The summed E-state index contributed by atoms with van der Waals surface area (Å²) in [4.78, 5) is 36.6. The van der Waals surface area contributed by atoms with Gasteiger partial charge in [-0.2, -0.15) is 0 Å². The lowest BCUT2D eigenvalue weighted by Crippen LogP contribution is -2.19. The molecular weight excluding hydrogens is 580 g/mol. The minimum absolute atomic E-state index is 0.0219. The first-order valence-corrected chi connectivity index (χ1v) is 14.8. The summed E-state index contributed by atoms with van der Waals surface area (Å²) in [6.07, 6.45) is -0.835. The first kappa shape index (κ1) is 31.7. The molecule has 5 aromatic carbocycles. The van der Waals surface area contributed by atoms with Gasteiger partial charge in [0, 0.05) is 10.8 Å². The molecule has 5 rings (SSSR count). The van der Waals surface area contributed by atoms with E-state index in [-0.39, 0.29) is 16.5 Å². The number of carboxylic acids is 1. The summed E-state index contributed by atoms with van der Waals surface area (Å²) in [5.41, 5.74) is 3.40. The van der Waals surface area contributed by atoms with Gasteiger partial charge in [-0.1, -0.05) is 107 Å².